The van der Waals surface area contributed by atoms with Crippen molar-refractivity contribution in [2.24, 2.45) is 5.73 Å². The number of hydrogen-bond donors (Lipinski definition) is 1. The van der Waals surface area contributed by atoms with Crippen LogP contribution in [0.15, 0.2) is 12.3 Å². The van der Waals surface area contributed by atoms with Crippen molar-refractivity contribution in [3.8, 4) is 0 Å². The first-order valence-electron chi connectivity index (χ1n) is 5.83. The molecular formula is C11H9ClF3N5O. The third kappa shape index (κ3) is 1.76. The maximum absolute atomic E-state index is 13.5. The Balaban J connectivity index is 2.38. The molecule has 0 spiro atoms. The topological polar surface area (TPSA) is 76.5 Å². The summed E-state index contributed by atoms with van der Waals surface area (Å²) >= 11 is 5.73. The van der Waals surface area contributed by atoms with Crippen LogP contribution < -0.4 is 10.6 Å². The molecule has 112 valence electrons. The molecule has 10 heteroatoms. The molecule has 6 nitrogen and oxygen atoms in total. The van der Waals surface area contributed by atoms with Crippen LogP contribution in [0, 0.1) is 0 Å². The number of anilines is 1. The second-order valence-electron chi connectivity index (χ2n) is 4.98. The van der Waals surface area contributed by atoms with Gasteiger partial charge in [-0.1, -0.05) is 11.6 Å². The first kappa shape index (κ1) is 13.9. The molecule has 0 aromatic carbocycles. The number of rotatable bonds is 0. The molecule has 21 heavy (non-hydrogen) atoms. The molecule has 0 aliphatic carbocycles. The van der Waals surface area contributed by atoms with Crippen molar-refractivity contribution in [2.45, 2.75) is 18.5 Å². The highest BCUT2D eigenvalue weighted by atomic mass is 35.5. The Hall–Kier alpha value is -2.03. The van der Waals surface area contributed by atoms with Gasteiger partial charge >= 0.3 is 12.2 Å². The van der Waals surface area contributed by atoms with Crippen molar-refractivity contribution in [2.75, 3.05) is 11.4 Å². The van der Waals surface area contributed by atoms with Gasteiger partial charge in [0.2, 0.25) is 0 Å². The first-order chi connectivity index (χ1) is 9.65. The standard InChI is InChI=1S/C11H9ClF3N5O/c1-10(11(13,14)15)4-19(9(16)21)5-3-17-7-2-6(12)18-20(7)8(5)10/h2-3H,4H2,1H3,(H2,16,21). The van der Waals surface area contributed by atoms with Gasteiger partial charge < -0.3 is 5.73 Å². The molecule has 0 saturated carbocycles. The van der Waals surface area contributed by atoms with Gasteiger partial charge in [0.1, 0.15) is 5.41 Å². The van der Waals surface area contributed by atoms with Crippen LogP contribution in [0.4, 0.5) is 23.7 Å². The molecule has 2 amide bonds. The number of hydrogen-bond acceptors (Lipinski definition) is 3. The SMILES string of the molecule is CC1(C(F)(F)F)CN(C(N)=O)c2cnc3cc(Cl)nn3c21. The maximum atomic E-state index is 13.5. The van der Waals surface area contributed by atoms with Gasteiger partial charge in [-0.2, -0.15) is 18.3 Å². The molecule has 1 atom stereocenters. The molecule has 0 bridgehead atoms. The molecule has 2 N–H and O–H groups in total. The van der Waals surface area contributed by atoms with E-state index in [2.05, 4.69) is 10.1 Å². The molecule has 0 radical (unpaired) electrons. The van der Waals surface area contributed by atoms with Crippen LogP contribution in [0.5, 0.6) is 0 Å². The summed E-state index contributed by atoms with van der Waals surface area (Å²) in [7, 11) is 0. The Morgan fingerprint density at radius 2 is 2.19 bits per heavy atom. The largest absolute Gasteiger partial charge is 0.401 e. The molecule has 1 aliphatic heterocycles. The maximum Gasteiger partial charge on any atom is 0.401 e. The molecule has 1 unspecified atom stereocenters. The summed E-state index contributed by atoms with van der Waals surface area (Å²) in [5, 5.41) is 3.84. The van der Waals surface area contributed by atoms with Crippen LogP contribution in [0.1, 0.15) is 12.6 Å². The smallest absolute Gasteiger partial charge is 0.351 e. The lowest BCUT2D eigenvalue weighted by Crippen LogP contribution is -2.46. The lowest BCUT2D eigenvalue weighted by Gasteiger charge is -2.27. The monoisotopic (exact) mass is 319 g/mol. The summed E-state index contributed by atoms with van der Waals surface area (Å²) in [4.78, 5) is 16.2. The highest BCUT2D eigenvalue weighted by Gasteiger charge is 2.60. The molecule has 2 aromatic rings. The highest BCUT2D eigenvalue weighted by Crippen LogP contribution is 2.49. The Morgan fingerprint density at radius 1 is 1.52 bits per heavy atom. The quantitative estimate of drug-likeness (QED) is 0.808. The average molecular weight is 320 g/mol. The van der Waals surface area contributed by atoms with Gasteiger partial charge in [-0.05, 0) is 6.92 Å². The number of nitrogens with zero attached hydrogens (tertiary/aromatic N) is 4. The number of amides is 2. The van der Waals surface area contributed by atoms with Crippen LogP contribution in [0.3, 0.4) is 0 Å². The summed E-state index contributed by atoms with van der Waals surface area (Å²) in [6.07, 6.45) is -3.43. The van der Waals surface area contributed by atoms with E-state index in [0.717, 1.165) is 16.3 Å². The average Bonchev–Trinajstić information content (AvgIpc) is 2.86. The second kappa shape index (κ2) is 4.00. The fourth-order valence-corrected chi connectivity index (χ4v) is 2.68. The van der Waals surface area contributed by atoms with Crippen LogP contribution in [0.2, 0.25) is 5.15 Å². The van der Waals surface area contributed by atoms with Crippen LogP contribution in [-0.2, 0) is 5.41 Å². The zero-order valence-electron chi connectivity index (χ0n) is 10.6. The third-order valence-electron chi connectivity index (χ3n) is 3.61. The number of carbonyl (C=O) groups excluding carboxylic acids is 1. The number of primary amides is 1. The van der Waals surface area contributed by atoms with Crippen molar-refractivity contribution in [3.63, 3.8) is 0 Å². The summed E-state index contributed by atoms with van der Waals surface area (Å²) in [6.45, 7) is 0.364. The van der Waals surface area contributed by atoms with E-state index < -0.39 is 24.2 Å². The van der Waals surface area contributed by atoms with Gasteiger partial charge in [0.25, 0.3) is 0 Å². The molecule has 2 aromatic heterocycles. The summed E-state index contributed by atoms with van der Waals surface area (Å²) in [6, 6.07) is 0.356. The van der Waals surface area contributed by atoms with Crippen molar-refractivity contribution >= 4 is 29.0 Å². The normalized spacial score (nSPS) is 21.9. The summed E-state index contributed by atoms with van der Waals surface area (Å²) in [5.41, 5.74) is 2.80. The van der Waals surface area contributed by atoms with E-state index in [4.69, 9.17) is 17.3 Å². The van der Waals surface area contributed by atoms with Gasteiger partial charge in [0.15, 0.2) is 10.8 Å². The summed E-state index contributed by atoms with van der Waals surface area (Å²) < 4.78 is 41.6. The number of alkyl halides is 3. The second-order valence-corrected chi connectivity index (χ2v) is 5.37. The number of urea groups is 1. The van der Waals surface area contributed by atoms with Crippen molar-refractivity contribution < 1.29 is 18.0 Å². The van der Waals surface area contributed by atoms with Crippen molar-refractivity contribution in [3.05, 3.63) is 23.1 Å². The highest BCUT2D eigenvalue weighted by molar-refractivity contribution is 6.29. The van der Waals surface area contributed by atoms with E-state index >= 15 is 0 Å². The Bertz CT molecular complexity index is 758. The summed E-state index contributed by atoms with van der Waals surface area (Å²) in [5.74, 6) is 0. The number of carbonyl (C=O) groups is 1. The van der Waals surface area contributed by atoms with Gasteiger partial charge in [-0.15, -0.1) is 0 Å². The molecular weight excluding hydrogens is 311 g/mol. The number of fused-ring (bicyclic) bond motifs is 3. The van der Waals surface area contributed by atoms with E-state index in [1.807, 2.05) is 0 Å². The zero-order valence-corrected chi connectivity index (χ0v) is 11.4. The van der Waals surface area contributed by atoms with Crippen LogP contribution in [-0.4, -0.2) is 33.4 Å². The van der Waals surface area contributed by atoms with Crippen molar-refractivity contribution in [1.82, 2.24) is 14.6 Å². The van der Waals surface area contributed by atoms with E-state index in [0.29, 0.717) is 0 Å². The van der Waals surface area contributed by atoms with Gasteiger partial charge in [0, 0.05) is 12.6 Å². The predicted octanol–water partition coefficient (Wildman–Crippen LogP) is 2.10. The molecule has 0 saturated heterocycles. The fraction of sp³-hybridized carbons (Fsp3) is 0.364. The van der Waals surface area contributed by atoms with E-state index in [9.17, 15) is 18.0 Å². The Kier molecular flexibility index (Phi) is 2.65. The Morgan fingerprint density at radius 3 is 2.76 bits per heavy atom. The van der Waals surface area contributed by atoms with E-state index in [1.165, 1.54) is 12.3 Å². The lowest BCUT2D eigenvalue weighted by atomic mass is 9.88. The molecule has 1 aliphatic rings. The van der Waals surface area contributed by atoms with E-state index in [-0.39, 0.29) is 22.2 Å². The number of aromatic nitrogens is 3. The fourth-order valence-electron chi connectivity index (χ4n) is 2.51. The molecule has 0 fully saturated rings. The minimum absolute atomic E-state index is 0.0120. The predicted molar refractivity (Wildman–Crippen MR) is 68.3 cm³/mol. The minimum Gasteiger partial charge on any atom is -0.351 e. The van der Waals surface area contributed by atoms with Gasteiger partial charge in [-0.25, -0.2) is 14.3 Å². The molecule has 3 heterocycles. The molecule has 3 rings (SSSR count). The van der Waals surface area contributed by atoms with Gasteiger partial charge in [-0.3, -0.25) is 4.90 Å². The minimum atomic E-state index is -4.60. The zero-order chi connectivity index (χ0) is 15.6. The third-order valence-corrected chi connectivity index (χ3v) is 3.80. The van der Waals surface area contributed by atoms with Crippen LogP contribution >= 0.6 is 11.6 Å². The first-order valence-corrected chi connectivity index (χ1v) is 6.21. The van der Waals surface area contributed by atoms with Crippen molar-refractivity contribution in [1.29, 1.82) is 0 Å². The number of halogens is 4. The Labute approximate surface area is 121 Å². The lowest BCUT2D eigenvalue weighted by molar-refractivity contribution is -0.181. The number of nitrogens with two attached hydrogens (primary N) is 1. The van der Waals surface area contributed by atoms with E-state index in [1.54, 1.807) is 0 Å². The van der Waals surface area contributed by atoms with Crippen LogP contribution in [0.25, 0.3) is 5.65 Å². The van der Waals surface area contributed by atoms with Gasteiger partial charge in [0.05, 0.1) is 17.6 Å².